The topological polar surface area (TPSA) is 58.4 Å². The van der Waals surface area contributed by atoms with Gasteiger partial charge in [-0.15, -0.1) is 0 Å². The number of hydrogen-bond acceptors (Lipinski definition) is 3. The molecule has 6 heteroatoms. The van der Waals surface area contributed by atoms with Gasteiger partial charge < -0.3 is 14.4 Å². The van der Waals surface area contributed by atoms with E-state index in [0.717, 1.165) is 37.9 Å². The van der Waals surface area contributed by atoms with E-state index >= 15 is 0 Å². The Morgan fingerprint density at radius 3 is 2.85 bits per heavy atom. The molecule has 4 heterocycles. The number of carbonyl (C=O) groups excluding carboxylic acids is 2. The lowest BCUT2D eigenvalue weighted by molar-refractivity contribution is -0.138. The maximum Gasteiger partial charge on any atom is 0.270 e. The second kappa shape index (κ2) is 6.59. The smallest absolute Gasteiger partial charge is 0.270 e. The Bertz CT molecular complexity index is 816. The van der Waals surface area contributed by atoms with Crippen molar-refractivity contribution in [2.24, 2.45) is 12.5 Å². The van der Waals surface area contributed by atoms with Crippen molar-refractivity contribution in [2.75, 3.05) is 19.6 Å². The summed E-state index contributed by atoms with van der Waals surface area (Å²) in [6.07, 6.45) is 8.00. The maximum atomic E-state index is 13.2. The van der Waals surface area contributed by atoms with Gasteiger partial charge in [0.15, 0.2) is 0 Å². The van der Waals surface area contributed by atoms with Crippen LogP contribution in [0.3, 0.4) is 0 Å². The van der Waals surface area contributed by atoms with E-state index < -0.39 is 5.41 Å². The molecule has 0 aromatic carbocycles. The molecule has 2 aliphatic heterocycles. The first-order valence-electron chi connectivity index (χ1n) is 9.18. The van der Waals surface area contributed by atoms with Crippen LogP contribution in [0.5, 0.6) is 0 Å². The molecule has 2 saturated heterocycles. The van der Waals surface area contributed by atoms with Crippen molar-refractivity contribution in [3.8, 4) is 0 Å². The number of aromatic nitrogens is 2. The summed E-state index contributed by atoms with van der Waals surface area (Å²) >= 11 is 0. The van der Waals surface area contributed by atoms with Crippen LogP contribution in [0.25, 0.3) is 0 Å². The van der Waals surface area contributed by atoms with E-state index in [1.165, 1.54) is 0 Å². The van der Waals surface area contributed by atoms with Gasteiger partial charge in [-0.1, -0.05) is 6.07 Å². The Labute approximate surface area is 153 Å². The predicted octanol–water partition coefficient (Wildman–Crippen LogP) is 2.08. The van der Waals surface area contributed by atoms with Crippen LogP contribution < -0.4 is 0 Å². The van der Waals surface area contributed by atoms with Crippen molar-refractivity contribution in [3.63, 3.8) is 0 Å². The fourth-order valence-corrected chi connectivity index (χ4v) is 4.28. The Kier molecular flexibility index (Phi) is 4.26. The molecule has 136 valence electrons. The molecule has 0 aliphatic carbocycles. The number of carbonyl (C=O) groups is 2. The molecule has 1 atom stereocenters. The van der Waals surface area contributed by atoms with Crippen molar-refractivity contribution in [2.45, 2.75) is 25.8 Å². The number of nitrogens with zero attached hydrogens (tertiary/aromatic N) is 4. The third kappa shape index (κ3) is 2.89. The van der Waals surface area contributed by atoms with Gasteiger partial charge in [0.25, 0.3) is 5.91 Å². The van der Waals surface area contributed by atoms with Gasteiger partial charge in [0, 0.05) is 51.8 Å². The predicted molar refractivity (Wildman–Crippen MR) is 97.3 cm³/mol. The van der Waals surface area contributed by atoms with Crippen LogP contribution in [0, 0.1) is 5.41 Å². The van der Waals surface area contributed by atoms with Crippen LogP contribution in [0.2, 0.25) is 0 Å². The Hall–Kier alpha value is -2.63. The van der Waals surface area contributed by atoms with Crippen molar-refractivity contribution in [1.82, 2.24) is 19.4 Å². The molecule has 0 radical (unpaired) electrons. The summed E-state index contributed by atoms with van der Waals surface area (Å²) in [6, 6.07) is 7.61. The van der Waals surface area contributed by atoms with E-state index in [1.807, 2.05) is 58.1 Å². The summed E-state index contributed by atoms with van der Waals surface area (Å²) in [4.78, 5) is 34.0. The fraction of sp³-hybridized carbons (Fsp3) is 0.450. The minimum absolute atomic E-state index is 0.0232. The van der Waals surface area contributed by atoms with E-state index in [9.17, 15) is 9.59 Å². The number of hydrogen-bond donors (Lipinski definition) is 0. The minimum Gasteiger partial charge on any atom is -0.347 e. The number of aryl methyl sites for hydroxylation is 1. The van der Waals surface area contributed by atoms with Gasteiger partial charge in [0.1, 0.15) is 5.69 Å². The summed E-state index contributed by atoms with van der Waals surface area (Å²) in [5, 5.41) is 0. The number of amides is 2. The zero-order chi connectivity index (χ0) is 18.1. The van der Waals surface area contributed by atoms with Gasteiger partial charge in [-0.05, 0) is 43.0 Å². The van der Waals surface area contributed by atoms with E-state index in [2.05, 4.69) is 4.98 Å². The van der Waals surface area contributed by atoms with Crippen molar-refractivity contribution >= 4 is 11.8 Å². The molecule has 1 spiro atoms. The van der Waals surface area contributed by atoms with Crippen molar-refractivity contribution in [3.05, 3.63) is 54.1 Å². The van der Waals surface area contributed by atoms with E-state index in [4.69, 9.17) is 0 Å². The molecule has 6 nitrogen and oxygen atoms in total. The first-order chi connectivity index (χ1) is 12.6. The minimum atomic E-state index is -0.415. The van der Waals surface area contributed by atoms with Crippen molar-refractivity contribution in [1.29, 1.82) is 0 Å². The molecule has 1 unspecified atom stereocenters. The monoisotopic (exact) mass is 352 g/mol. The average Bonchev–Trinajstić information content (AvgIpc) is 3.21. The summed E-state index contributed by atoms with van der Waals surface area (Å²) in [5.41, 5.74) is 1.31. The van der Waals surface area contributed by atoms with Gasteiger partial charge in [0.05, 0.1) is 5.41 Å². The quantitative estimate of drug-likeness (QED) is 0.850. The van der Waals surface area contributed by atoms with Gasteiger partial charge in [-0.2, -0.15) is 0 Å². The van der Waals surface area contributed by atoms with Crippen molar-refractivity contribution < 1.29 is 9.59 Å². The van der Waals surface area contributed by atoms with Gasteiger partial charge in [-0.3, -0.25) is 14.6 Å². The highest BCUT2D eigenvalue weighted by molar-refractivity contribution is 5.94. The lowest BCUT2D eigenvalue weighted by Crippen LogP contribution is -2.50. The molecule has 2 fully saturated rings. The van der Waals surface area contributed by atoms with Crippen LogP contribution in [-0.2, 0) is 18.4 Å². The van der Waals surface area contributed by atoms with E-state index in [-0.39, 0.29) is 11.8 Å². The van der Waals surface area contributed by atoms with Gasteiger partial charge in [0.2, 0.25) is 5.91 Å². The van der Waals surface area contributed by atoms with Crippen LogP contribution in [0.1, 0.15) is 35.3 Å². The van der Waals surface area contributed by atoms with Gasteiger partial charge >= 0.3 is 0 Å². The molecular formula is C20H24N4O2. The molecule has 0 saturated carbocycles. The molecule has 2 aliphatic rings. The standard InChI is InChI=1S/C20H24N4O2/c1-22-10-3-6-17(22)18(25)24-11-4-7-20(15-24)8-12-23(19(20)26)14-16-5-2-9-21-13-16/h2-3,5-6,9-10,13H,4,7-8,11-12,14-15H2,1H3. The number of pyridine rings is 1. The largest absolute Gasteiger partial charge is 0.347 e. The highest BCUT2D eigenvalue weighted by atomic mass is 16.2. The molecular weight excluding hydrogens is 328 g/mol. The number of likely N-dealkylation sites (tertiary alicyclic amines) is 2. The highest BCUT2D eigenvalue weighted by Crippen LogP contribution is 2.41. The lowest BCUT2D eigenvalue weighted by Gasteiger charge is -2.39. The summed E-state index contributed by atoms with van der Waals surface area (Å²) in [6.45, 7) is 2.60. The molecule has 2 aromatic rings. The van der Waals surface area contributed by atoms with Crippen LogP contribution in [-0.4, -0.2) is 50.8 Å². The first kappa shape index (κ1) is 16.8. The molecule has 2 aromatic heterocycles. The third-order valence-electron chi connectivity index (χ3n) is 5.72. The molecule has 4 rings (SSSR count). The Morgan fingerprint density at radius 1 is 1.23 bits per heavy atom. The maximum absolute atomic E-state index is 13.2. The van der Waals surface area contributed by atoms with E-state index in [1.54, 1.807) is 6.20 Å². The Morgan fingerprint density at radius 2 is 2.12 bits per heavy atom. The molecule has 0 N–H and O–H groups in total. The van der Waals surface area contributed by atoms with Crippen LogP contribution in [0.4, 0.5) is 0 Å². The Balaban J connectivity index is 1.49. The second-order valence-electron chi connectivity index (χ2n) is 7.45. The van der Waals surface area contributed by atoms with E-state index in [0.29, 0.717) is 18.8 Å². The second-order valence-corrected chi connectivity index (χ2v) is 7.45. The zero-order valence-corrected chi connectivity index (χ0v) is 15.1. The summed E-state index contributed by atoms with van der Waals surface area (Å²) < 4.78 is 1.84. The molecule has 2 amide bonds. The average molecular weight is 352 g/mol. The van der Waals surface area contributed by atoms with Crippen LogP contribution in [0.15, 0.2) is 42.9 Å². The fourth-order valence-electron chi connectivity index (χ4n) is 4.28. The summed E-state index contributed by atoms with van der Waals surface area (Å²) in [7, 11) is 1.88. The SMILES string of the molecule is Cn1cccc1C(=O)N1CCCC2(CCN(Cc3cccnc3)C2=O)C1. The van der Waals surface area contributed by atoms with Gasteiger partial charge in [-0.25, -0.2) is 0 Å². The highest BCUT2D eigenvalue weighted by Gasteiger charge is 2.49. The third-order valence-corrected chi connectivity index (χ3v) is 5.72. The lowest BCUT2D eigenvalue weighted by atomic mass is 9.78. The van der Waals surface area contributed by atoms with Crippen LogP contribution >= 0.6 is 0 Å². The number of piperidine rings is 1. The first-order valence-corrected chi connectivity index (χ1v) is 9.18. The normalized spacial score (nSPS) is 23.0. The summed E-state index contributed by atoms with van der Waals surface area (Å²) in [5.74, 6) is 0.209. The molecule has 26 heavy (non-hydrogen) atoms. The zero-order valence-electron chi connectivity index (χ0n) is 15.1. The number of rotatable bonds is 3. The molecule has 0 bridgehead atoms.